The number of hydrogen-bond donors (Lipinski definition) is 0. The lowest BCUT2D eigenvalue weighted by Crippen LogP contribution is -2.47. The fourth-order valence-electron chi connectivity index (χ4n) is 4.63. The van der Waals surface area contributed by atoms with Crippen LogP contribution in [0.3, 0.4) is 0 Å². The number of carbonyl (C=O) groups is 1. The summed E-state index contributed by atoms with van der Waals surface area (Å²) in [5.41, 5.74) is 0.707. The van der Waals surface area contributed by atoms with Crippen LogP contribution in [0.25, 0.3) is 0 Å². The molecular formula is C20H38NO3+. The molecule has 0 aliphatic heterocycles. The Balaban J connectivity index is 1.74. The Morgan fingerprint density at radius 2 is 1.92 bits per heavy atom. The summed E-state index contributed by atoms with van der Waals surface area (Å²) in [6.07, 6.45) is 6.22. The number of carbonyl (C=O) groups excluding carboxylic acids is 1. The molecule has 24 heavy (non-hydrogen) atoms. The molecule has 4 nitrogen and oxygen atoms in total. The Hall–Kier alpha value is -0.610. The van der Waals surface area contributed by atoms with Crippen LogP contribution in [0.1, 0.15) is 59.8 Å². The topological polar surface area (TPSA) is 35.5 Å². The fraction of sp³-hybridized carbons (Fsp3) is 0.950. The molecule has 0 radical (unpaired) electrons. The molecule has 2 rings (SSSR count). The van der Waals surface area contributed by atoms with Gasteiger partial charge in [-0.1, -0.05) is 34.1 Å². The molecule has 0 spiro atoms. The highest BCUT2D eigenvalue weighted by molar-refractivity contribution is 5.70. The Labute approximate surface area is 148 Å². The first-order chi connectivity index (χ1) is 11.1. The quantitative estimate of drug-likeness (QED) is 0.365. The fourth-order valence-corrected chi connectivity index (χ4v) is 4.63. The van der Waals surface area contributed by atoms with Gasteiger partial charge in [0.2, 0.25) is 0 Å². The zero-order valence-electron chi connectivity index (χ0n) is 16.7. The third kappa shape index (κ3) is 3.96. The van der Waals surface area contributed by atoms with Crippen LogP contribution in [-0.4, -0.2) is 57.0 Å². The molecule has 0 heterocycles. The number of ether oxygens (including phenoxy) is 2. The van der Waals surface area contributed by atoms with Crippen LogP contribution in [0.5, 0.6) is 0 Å². The Bertz CT molecular complexity index is 446. The number of nitrogens with zero attached hydrogens (tertiary/aromatic N) is 1. The average Bonchev–Trinajstić information content (AvgIpc) is 2.80. The lowest BCUT2D eigenvalue weighted by Gasteiger charge is -2.39. The van der Waals surface area contributed by atoms with Crippen LogP contribution in [0, 0.1) is 16.7 Å². The minimum absolute atomic E-state index is 0.0959. The zero-order valence-corrected chi connectivity index (χ0v) is 16.7. The van der Waals surface area contributed by atoms with Crippen molar-refractivity contribution in [2.75, 3.05) is 40.4 Å². The van der Waals surface area contributed by atoms with E-state index in [0.717, 1.165) is 31.9 Å². The molecule has 3 atom stereocenters. The lowest BCUT2D eigenvalue weighted by atomic mass is 9.70. The Kier molecular flexibility index (Phi) is 6.02. The van der Waals surface area contributed by atoms with E-state index in [-0.39, 0.29) is 5.97 Å². The van der Waals surface area contributed by atoms with Gasteiger partial charge < -0.3 is 14.0 Å². The first-order valence-electron chi connectivity index (χ1n) is 9.71. The van der Waals surface area contributed by atoms with Gasteiger partial charge in [0, 0.05) is 0 Å². The normalized spacial score (nSPS) is 31.4. The van der Waals surface area contributed by atoms with Crippen molar-refractivity contribution in [1.29, 1.82) is 0 Å². The summed E-state index contributed by atoms with van der Waals surface area (Å²) in [5.74, 6) is 0.713. The number of unbranched alkanes of at least 4 members (excludes halogenated alkanes) is 1. The van der Waals surface area contributed by atoms with Gasteiger partial charge in [0.15, 0.2) is 6.54 Å². The molecule has 2 saturated carbocycles. The minimum Gasteiger partial charge on any atom is -0.462 e. The van der Waals surface area contributed by atoms with Crippen LogP contribution in [0.2, 0.25) is 0 Å². The van der Waals surface area contributed by atoms with Gasteiger partial charge in [-0.25, -0.2) is 4.79 Å². The zero-order chi connectivity index (χ0) is 18.0. The smallest absolute Gasteiger partial charge is 0.361 e. The maximum atomic E-state index is 11.9. The summed E-state index contributed by atoms with van der Waals surface area (Å²) in [5, 5.41) is 0. The van der Waals surface area contributed by atoms with E-state index in [9.17, 15) is 4.79 Å². The van der Waals surface area contributed by atoms with Crippen molar-refractivity contribution in [2.24, 2.45) is 16.7 Å². The van der Waals surface area contributed by atoms with E-state index in [1.807, 2.05) is 0 Å². The van der Waals surface area contributed by atoms with Crippen molar-refractivity contribution in [3.8, 4) is 0 Å². The predicted molar refractivity (Wildman–Crippen MR) is 96.7 cm³/mol. The maximum Gasteiger partial charge on any atom is 0.361 e. The van der Waals surface area contributed by atoms with Crippen LogP contribution in [-0.2, 0) is 14.3 Å². The molecule has 0 aromatic rings. The van der Waals surface area contributed by atoms with Gasteiger partial charge >= 0.3 is 5.97 Å². The molecule has 140 valence electrons. The van der Waals surface area contributed by atoms with Gasteiger partial charge in [-0.2, -0.15) is 0 Å². The summed E-state index contributed by atoms with van der Waals surface area (Å²) in [6, 6.07) is 0. The highest BCUT2D eigenvalue weighted by atomic mass is 16.5. The van der Waals surface area contributed by atoms with E-state index in [4.69, 9.17) is 9.47 Å². The van der Waals surface area contributed by atoms with Crippen LogP contribution >= 0.6 is 0 Å². The van der Waals surface area contributed by atoms with Crippen molar-refractivity contribution >= 4 is 5.97 Å². The van der Waals surface area contributed by atoms with E-state index in [2.05, 4.69) is 41.8 Å². The van der Waals surface area contributed by atoms with E-state index in [1.165, 1.54) is 19.3 Å². The highest BCUT2D eigenvalue weighted by Crippen LogP contribution is 2.66. The van der Waals surface area contributed by atoms with Crippen molar-refractivity contribution < 1.29 is 18.8 Å². The lowest BCUT2D eigenvalue weighted by molar-refractivity contribution is -0.883. The van der Waals surface area contributed by atoms with Crippen molar-refractivity contribution in [2.45, 2.75) is 65.9 Å². The largest absolute Gasteiger partial charge is 0.462 e. The van der Waals surface area contributed by atoms with Crippen molar-refractivity contribution in [3.63, 3.8) is 0 Å². The molecule has 2 aliphatic rings. The monoisotopic (exact) mass is 340 g/mol. The number of quaternary nitrogens is 1. The van der Waals surface area contributed by atoms with Gasteiger partial charge in [-0.05, 0) is 42.4 Å². The molecule has 0 aromatic carbocycles. The Morgan fingerprint density at radius 3 is 2.46 bits per heavy atom. The SMILES string of the molecule is CCCCOC(=O)C[N+](C)(C)CCO[C@@H]1C[C@@H]2CC[C@@]1(C)C2(C)C. The first-order valence-corrected chi connectivity index (χ1v) is 9.71. The van der Waals surface area contributed by atoms with Gasteiger partial charge in [-0.15, -0.1) is 0 Å². The third-order valence-electron chi connectivity index (χ3n) is 7.05. The summed E-state index contributed by atoms with van der Waals surface area (Å²) in [7, 11) is 4.16. The molecule has 0 N–H and O–H groups in total. The van der Waals surface area contributed by atoms with Crippen LogP contribution < -0.4 is 0 Å². The second-order valence-corrected chi connectivity index (χ2v) is 9.36. The van der Waals surface area contributed by atoms with E-state index in [1.54, 1.807) is 0 Å². The van der Waals surface area contributed by atoms with Gasteiger partial charge in [0.05, 0.1) is 33.4 Å². The van der Waals surface area contributed by atoms with E-state index < -0.39 is 0 Å². The second-order valence-electron chi connectivity index (χ2n) is 9.36. The predicted octanol–water partition coefficient (Wildman–Crippen LogP) is 3.64. The van der Waals surface area contributed by atoms with E-state index in [0.29, 0.717) is 34.6 Å². The van der Waals surface area contributed by atoms with Gasteiger partial charge in [-0.3, -0.25) is 0 Å². The number of hydrogen-bond acceptors (Lipinski definition) is 3. The minimum atomic E-state index is -0.0959. The third-order valence-corrected chi connectivity index (χ3v) is 7.05. The van der Waals surface area contributed by atoms with E-state index >= 15 is 0 Å². The van der Waals surface area contributed by atoms with Crippen LogP contribution in [0.15, 0.2) is 0 Å². The van der Waals surface area contributed by atoms with Crippen LogP contribution in [0.4, 0.5) is 0 Å². The Morgan fingerprint density at radius 1 is 1.21 bits per heavy atom. The molecule has 0 unspecified atom stereocenters. The highest BCUT2D eigenvalue weighted by Gasteiger charge is 2.61. The molecule has 0 saturated heterocycles. The molecular weight excluding hydrogens is 302 g/mol. The standard InChI is InChI=1S/C20H38NO3/c1-7-8-12-24-18(22)15-21(5,6)11-13-23-17-14-16-9-10-20(17,4)19(16,2)3/h16-17H,7-15H2,1-6H3/q+1/t16-,17+,20+/m0/s1. The molecule has 2 bridgehead atoms. The molecule has 2 aliphatic carbocycles. The van der Waals surface area contributed by atoms with Crippen molar-refractivity contribution in [3.05, 3.63) is 0 Å². The number of fused-ring (bicyclic) bond motifs is 2. The van der Waals surface area contributed by atoms with Crippen molar-refractivity contribution in [1.82, 2.24) is 0 Å². The molecule has 0 amide bonds. The van der Waals surface area contributed by atoms with Gasteiger partial charge in [0.25, 0.3) is 0 Å². The average molecular weight is 341 g/mol. The summed E-state index contributed by atoms with van der Waals surface area (Å²) < 4.78 is 12.2. The number of esters is 1. The maximum absolute atomic E-state index is 11.9. The van der Waals surface area contributed by atoms with Gasteiger partial charge in [0.1, 0.15) is 6.54 Å². The molecule has 4 heteroatoms. The summed E-state index contributed by atoms with van der Waals surface area (Å²) in [6.45, 7) is 11.9. The molecule has 2 fully saturated rings. The first kappa shape index (κ1) is 19.7. The number of likely N-dealkylation sites (N-methyl/N-ethyl adjacent to an activating group) is 1. The second kappa shape index (κ2) is 7.33. The molecule has 0 aromatic heterocycles. The summed E-state index contributed by atoms with van der Waals surface area (Å²) >= 11 is 0. The number of rotatable bonds is 9. The summed E-state index contributed by atoms with van der Waals surface area (Å²) in [4.78, 5) is 11.9.